The first-order valence-corrected chi connectivity index (χ1v) is 14.9. The number of unbranched alkanes of at least 4 members (excludes halogenated alkanes) is 1. The van der Waals surface area contributed by atoms with Crippen LogP contribution in [0.15, 0.2) is 41.6 Å². The lowest BCUT2D eigenvalue weighted by Crippen LogP contribution is -2.48. The van der Waals surface area contributed by atoms with Gasteiger partial charge in [0.1, 0.15) is 0 Å². The molecule has 4 rings (SSSR count). The topological polar surface area (TPSA) is 83.0 Å². The fourth-order valence-electron chi connectivity index (χ4n) is 5.30. The molecule has 0 bridgehead atoms. The summed E-state index contributed by atoms with van der Waals surface area (Å²) < 4.78 is 34.3. The molecular formula is C27H40N4O4S. The van der Waals surface area contributed by atoms with Crippen LogP contribution in [0.1, 0.15) is 51.9 Å². The molecule has 2 saturated heterocycles. The molecule has 2 aliphatic heterocycles. The van der Waals surface area contributed by atoms with Crippen molar-refractivity contribution in [2.24, 2.45) is 0 Å². The van der Waals surface area contributed by atoms with Crippen molar-refractivity contribution in [3.63, 3.8) is 0 Å². The molecule has 0 amide bonds. The highest BCUT2D eigenvalue weighted by molar-refractivity contribution is 7.89. The number of ether oxygens (including phenoxy) is 1. The molecule has 1 unspecified atom stereocenters. The van der Waals surface area contributed by atoms with Crippen molar-refractivity contribution in [3.05, 3.63) is 36.7 Å². The Hall–Kier alpha value is -2.07. The standard InChI is InChI=1S/C27H40N4O4S/c1-2-3-19-35-27(32)20-24(30-14-5-4-6-15-30)22-29-13-8-16-31(18-17-29)36(33,34)26-10-7-9-23-21-28-12-11-25(23)26/h7,9-12,21,24H,2-6,8,13-20,22H2,1H3. The maximum atomic E-state index is 13.6. The molecule has 1 aromatic heterocycles. The molecule has 36 heavy (non-hydrogen) atoms. The third-order valence-electron chi connectivity index (χ3n) is 7.35. The van der Waals surface area contributed by atoms with E-state index < -0.39 is 10.0 Å². The van der Waals surface area contributed by atoms with Gasteiger partial charge in [0.05, 0.1) is 17.9 Å². The number of carbonyl (C=O) groups excluding carboxylic acids is 1. The van der Waals surface area contributed by atoms with E-state index in [1.165, 1.54) is 6.42 Å². The molecule has 2 aliphatic rings. The summed E-state index contributed by atoms with van der Waals surface area (Å²) in [5.74, 6) is -0.122. The quantitative estimate of drug-likeness (QED) is 0.353. The summed E-state index contributed by atoms with van der Waals surface area (Å²) in [4.78, 5) is 21.8. The molecule has 0 N–H and O–H groups in total. The van der Waals surface area contributed by atoms with E-state index in [1.54, 1.807) is 34.9 Å². The summed E-state index contributed by atoms with van der Waals surface area (Å²) in [6, 6.07) is 7.24. The first kappa shape index (κ1) is 27.0. The van der Waals surface area contributed by atoms with Gasteiger partial charge in [0.25, 0.3) is 0 Å². The SMILES string of the molecule is CCCCOC(=O)CC(CN1CCCN(S(=O)(=O)c2cccc3cnccc23)CC1)N1CCCCC1. The third kappa shape index (κ3) is 6.82. The van der Waals surface area contributed by atoms with E-state index in [-0.39, 0.29) is 12.0 Å². The minimum Gasteiger partial charge on any atom is -0.466 e. The van der Waals surface area contributed by atoms with Crippen LogP contribution in [-0.4, -0.2) is 91.9 Å². The van der Waals surface area contributed by atoms with Gasteiger partial charge in [-0.25, -0.2) is 8.42 Å². The number of carbonyl (C=O) groups is 1. The Bertz CT molecular complexity index is 1100. The van der Waals surface area contributed by atoms with Crippen molar-refractivity contribution >= 4 is 26.8 Å². The van der Waals surface area contributed by atoms with Crippen molar-refractivity contribution in [3.8, 4) is 0 Å². The second-order valence-electron chi connectivity index (χ2n) is 9.94. The van der Waals surface area contributed by atoms with E-state index in [0.29, 0.717) is 42.9 Å². The molecule has 0 spiro atoms. The number of benzene rings is 1. The highest BCUT2D eigenvalue weighted by Crippen LogP contribution is 2.26. The van der Waals surface area contributed by atoms with Crippen LogP contribution in [0.5, 0.6) is 0 Å². The van der Waals surface area contributed by atoms with Gasteiger partial charge in [-0.1, -0.05) is 31.9 Å². The van der Waals surface area contributed by atoms with Gasteiger partial charge in [0, 0.05) is 55.4 Å². The van der Waals surface area contributed by atoms with Crippen LogP contribution >= 0.6 is 0 Å². The van der Waals surface area contributed by atoms with E-state index in [9.17, 15) is 13.2 Å². The third-order valence-corrected chi connectivity index (χ3v) is 9.30. The zero-order valence-corrected chi connectivity index (χ0v) is 22.3. The molecular weight excluding hydrogens is 476 g/mol. The summed E-state index contributed by atoms with van der Waals surface area (Å²) in [6.07, 6.45) is 9.96. The van der Waals surface area contributed by atoms with Crippen LogP contribution in [0, 0.1) is 0 Å². The second kappa shape index (κ2) is 12.9. The van der Waals surface area contributed by atoms with Crippen LogP contribution in [0.4, 0.5) is 0 Å². The Labute approximate surface area is 215 Å². The number of rotatable bonds is 10. The van der Waals surface area contributed by atoms with E-state index in [2.05, 4.69) is 21.7 Å². The Kier molecular flexibility index (Phi) is 9.70. The number of pyridine rings is 1. The molecule has 9 heteroatoms. The van der Waals surface area contributed by atoms with Gasteiger partial charge in [-0.2, -0.15) is 4.31 Å². The molecule has 8 nitrogen and oxygen atoms in total. The van der Waals surface area contributed by atoms with Crippen molar-refractivity contribution in [2.45, 2.75) is 62.8 Å². The zero-order chi connectivity index (χ0) is 25.4. The molecule has 2 aromatic rings. The lowest BCUT2D eigenvalue weighted by molar-refractivity contribution is -0.145. The van der Waals surface area contributed by atoms with Crippen molar-refractivity contribution in [1.82, 2.24) is 19.1 Å². The smallest absolute Gasteiger partial charge is 0.307 e. The van der Waals surface area contributed by atoms with Crippen molar-refractivity contribution in [2.75, 3.05) is 52.4 Å². The van der Waals surface area contributed by atoms with E-state index >= 15 is 0 Å². The van der Waals surface area contributed by atoms with Crippen molar-refractivity contribution < 1.29 is 17.9 Å². The fourth-order valence-corrected chi connectivity index (χ4v) is 6.98. The molecule has 0 aliphatic carbocycles. The minimum atomic E-state index is -3.62. The van der Waals surface area contributed by atoms with Crippen LogP contribution in [0.3, 0.4) is 0 Å². The molecule has 2 fully saturated rings. The molecule has 1 aromatic carbocycles. The van der Waals surface area contributed by atoms with Crippen LogP contribution in [-0.2, 0) is 19.6 Å². The van der Waals surface area contributed by atoms with Crippen LogP contribution in [0.25, 0.3) is 10.8 Å². The van der Waals surface area contributed by atoms with Crippen LogP contribution in [0.2, 0.25) is 0 Å². The Morgan fingerprint density at radius 3 is 2.67 bits per heavy atom. The van der Waals surface area contributed by atoms with Gasteiger partial charge >= 0.3 is 5.97 Å². The zero-order valence-electron chi connectivity index (χ0n) is 21.5. The summed E-state index contributed by atoms with van der Waals surface area (Å²) in [5.41, 5.74) is 0. The summed E-state index contributed by atoms with van der Waals surface area (Å²) in [6.45, 7) is 7.77. The second-order valence-corrected chi connectivity index (χ2v) is 11.8. The first-order chi connectivity index (χ1) is 17.5. The number of aromatic nitrogens is 1. The molecule has 198 valence electrons. The van der Waals surface area contributed by atoms with Gasteiger partial charge in [0.15, 0.2) is 0 Å². The molecule has 3 heterocycles. The first-order valence-electron chi connectivity index (χ1n) is 13.4. The van der Waals surface area contributed by atoms with Gasteiger partial charge in [-0.15, -0.1) is 0 Å². The average molecular weight is 517 g/mol. The van der Waals surface area contributed by atoms with E-state index in [0.717, 1.165) is 63.7 Å². The lowest BCUT2D eigenvalue weighted by atomic mass is 10.1. The largest absolute Gasteiger partial charge is 0.466 e. The predicted octanol–water partition coefficient (Wildman–Crippen LogP) is 3.52. The summed E-state index contributed by atoms with van der Waals surface area (Å²) >= 11 is 0. The van der Waals surface area contributed by atoms with E-state index in [4.69, 9.17) is 4.74 Å². The number of piperidine rings is 1. The number of esters is 1. The Morgan fingerprint density at radius 2 is 1.86 bits per heavy atom. The number of hydrogen-bond donors (Lipinski definition) is 0. The lowest BCUT2D eigenvalue weighted by Gasteiger charge is -2.37. The van der Waals surface area contributed by atoms with Gasteiger partial charge in [0.2, 0.25) is 10.0 Å². The molecule has 0 radical (unpaired) electrons. The van der Waals surface area contributed by atoms with Crippen LogP contribution < -0.4 is 0 Å². The fraction of sp³-hybridized carbons (Fsp3) is 0.630. The number of hydrogen-bond acceptors (Lipinski definition) is 7. The van der Waals surface area contributed by atoms with E-state index in [1.807, 2.05) is 6.07 Å². The Morgan fingerprint density at radius 1 is 1.03 bits per heavy atom. The number of fused-ring (bicyclic) bond motifs is 1. The number of nitrogens with zero attached hydrogens (tertiary/aromatic N) is 4. The van der Waals surface area contributed by atoms with Gasteiger partial charge < -0.3 is 9.64 Å². The minimum absolute atomic E-state index is 0.105. The van der Waals surface area contributed by atoms with Crippen molar-refractivity contribution in [1.29, 1.82) is 0 Å². The average Bonchev–Trinajstić information content (AvgIpc) is 3.15. The number of likely N-dealkylation sites (tertiary alicyclic amines) is 1. The van der Waals surface area contributed by atoms with Gasteiger partial charge in [-0.05, 0) is 57.5 Å². The van der Waals surface area contributed by atoms with Gasteiger partial charge in [-0.3, -0.25) is 14.7 Å². The maximum Gasteiger partial charge on any atom is 0.307 e. The molecule has 0 saturated carbocycles. The summed E-state index contributed by atoms with van der Waals surface area (Å²) in [5, 5.41) is 1.53. The summed E-state index contributed by atoms with van der Waals surface area (Å²) in [7, 11) is -3.62. The highest BCUT2D eigenvalue weighted by atomic mass is 32.2. The monoisotopic (exact) mass is 516 g/mol. The normalized spacial score (nSPS) is 19.7. The number of sulfonamides is 1. The predicted molar refractivity (Wildman–Crippen MR) is 141 cm³/mol. The highest BCUT2D eigenvalue weighted by Gasteiger charge is 2.31. The molecule has 1 atom stereocenters. The maximum absolute atomic E-state index is 13.6. The Balaban J connectivity index is 1.42.